The smallest absolute Gasteiger partial charge is 0.261 e. The van der Waals surface area contributed by atoms with Gasteiger partial charge in [-0.1, -0.05) is 18.2 Å². The molecule has 0 fully saturated rings. The average molecular weight is 480 g/mol. The van der Waals surface area contributed by atoms with Gasteiger partial charge in [-0.05, 0) is 94.3 Å². The van der Waals surface area contributed by atoms with Crippen LogP contribution < -0.4 is 15.4 Å². The number of para-hydroxylation sites is 1. The molecule has 0 heterocycles. The molecule has 2 amide bonds. The van der Waals surface area contributed by atoms with Gasteiger partial charge in [-0.2, -0.15) is 0 Å². The Kier molecular flexibility index (Phi) is 7.12. The van der Waals surface area contributed by atoms with Crippen molar-refractivity contribution in [3.05, 3.63) is 89.0 Å². The maximum atomic E-state index is 12.8. The Morgan fingerprint density at radius 2 is 1.44 bits per heavy atom. The van der Waals surface area contributed by atoms with Crippen LogP contribution in [0.4, 0.5) is 11.4 Å². The molecule has 0 atom stereocenters. The number of rotatable bonds is 6. The van der Waals surface area contributed by atoms with Crippen molar-refractivity contribution in [1.29, 1.82) is 0 Å². The van der Waals surface area contributed by atoms with E-state index < -0.39 is 21.5 Å². The van der Waals surface area contributed by atoms with Crippen molar-refractivity contribution in [1.82, 2.24) is 5.32 Å². The number of carbonyl (C=O) groups is 2. The van der Waals surface area contributed by atoms with Crippen molar-refractivity contribution in [2.75, 3.05) is 10.0 Å². The summed E-state index contributed by atoms with van der Waals surface area (Å²) in [6, 6.07) is 17.8. The zero-order chi connectivity index (χ0) is 25.1. The fourth-order valence-electron chi connectivity index (χ4n) is 3.18. The van der Waals surface area contributed by atoms with Crippen LogP contribution in [0.5, 0.6) is 0 Å². The van der Waals surface area contributed by atoms with Crippen molar-refractivity contribution < 1.29 is 18.0 Å². The molecule has 0 radical (unpaired) electrons. The molecule has 0 aliphatic heterocycles. The quantitative estimate of drug-likeness (QED) is 0.468. The fourth-order valence-corrected chi connectivity index (χ4v) is 4.32. The summed E-state index contributed by atoms with van der Waals surface area (Å²) in [6.07, 6.45) is 0. The summed E-state index contributed by atoms with van der Waals surface area (Å²) < 4.78 is 27.9. The normalized spacial score (nSPS) is 11.6. The topological polar surface area (TPSA) is 104 Å². The molecule has 8 heteroatoms. The molecule has 3 rings (SSSR count). The minimum atomic E-state index is -3.76. The van der Waals surface area contributed by atoms with Gasteiger partial charge in [0.2, 0.25) is 0 Å². The van der Waals surface area contributed by atoms with Crippen LogP contribution >= 0.6 is 0 Å². The molecule has 3 N–H and O–H groups in total. The van der Waals surface area contributed by atoms with E-state index >= 15 is 0 Å². The summed E-state index contributed by atoms with van der Waals surface area (Å²) in [4.78, 5) is 25.6. The second-order valence-corrected chi connectivity index (χ2v) is 10.8. The molecule has 0 saturated carbocycles. The molecule has 0 aliphatic carbocycles. The number of amides is 2. The second-order valence-electron chi connectivity index (χ2n) is 9.13. The molecule has 3 aromatic rings. The first-order chi connectivity index (χ1) is 15.9. The van der Waals surface area contributed by atoms with Crippen molar-refractivity contribution in [3.8, 4) is 0 Å². The third-order valence-corrected chi connectivity index (χ3v) is 6.48. The maximum absolute atomic E-state index is 12.8. The third-order valence-electron chi connectivity index (χ3n) is 5.10. The van der Waals surface area contributed by atoms with Gasteiger partial charge in [0.25, 0.3) is 21.8 Å². The molecule has 0 aliphatic rings. The van der Waals surface area contributed by atoms with Crippen LogP contribution in [0.1, 0.15) is 52.6 Å². The Morgan fingerprint density at radius 1 is 0.794 bits per heavy atom. The number of carbonyl (C=O) groups excluding carboxylic acids is 2. The van der Waals surface area contributed by atoms with Crippen molar-refractivity contribution >= 4 is 33.2 Å². The molecular weight excluding hydrogens is 450 g/mol. The van der Waals surface area contributed by atoms with E-state index in [0.29, 0.717) is 22.5 Å². The Balaban J connectivity index is 1.74. The highest BCUT2D eigenvalue weighted by atomic mass is 32.2. The number of sulfonamides is 1. The summed E-state index contributed by atoms with van der Waals surface area (Å²) in [5, 5.41) is 5.64. The maximum Gasteiger partial charge on any atom is 0.261 e. The molecule has 0 saturated heterocycles. The van der Waals surface area contributed by atoms with Crippen molar-refractivity contribution in [2.45, 2.75) is 45.1 Å². The summed E-state index contributed by atoms with van der Waals surface area (Å²) in [6.45, 7) is 9.40. The zero-order valence-corrected chi connectivity index (χ0v) is 20.7. The lowest BCUT2D eigenvalue weighted by Gasteiger charge is -2.21. The van der Waals surface area contributed by atoms with Gasteiger partial charge in [0.15, 0.2) is 0 Å². The Hall–Kier alpha value is -3.65. The van der Waals surface area contributed by atoms with Crippen LogP contribution in [0, 0.1) is 13.8 Å². The largest absolute Gasteiger partial charge is 0.347 e. The molecule has 0 unspecified atom stereocenters. The van der Waals surface area contributed by atoms with Crippen LogP contribution in [0.15, 0.2) is 71.6 Å². The van der Waals surface area contributed by atoms with Gasteiger partial charge in [0.1, 0.15) is 0 Å². The van der Waals surface area contributed by atoms with E-state index in [1.165, 1.54) is 24.3 Å². The summed E-state index contributed by atoms with van der Waals surface area (Å²) in [5.41, 5.74) is 2.85. The molecular formula is C26H29N3O4S. The number of hydrogen-bond acceptors (Lipinski definition) is 4. The standard InChI is InChI=1S/C26H29N3O4S/c1-17-10-15-21(16-18(17)2)34(32,33)29-20-13-11-19(12-14-20)24(30)27-23-9-7-6-8-22(23)25(31)28-26(3,4)5/h6-16,29H,1-5H3,(H,27,30)(H,28,31). The lowest BCUT2D eigenvalue weighted by Crippen LogP contribution is -2.40. The van der Waals surface area contributed by atoms with E-state index in [4.69, 9.17) is 0 Å². The van der Waals surface area contributed by atoms with E-state index in [0.717, 1.165) is 11.1 Å². The van der Waals surface area contributed by atoms with Gasteiger partial charge in [-0.3, -0.25) is 14.3 Å². The molecule has 0 spiro atoms. The van der Waals surface area contributed by atoms with Crippen molar-refractivity contribution in [3.63, 3.8) is 0 Å². The monoisotopic (exact) mass is 479 g/mol. The Bertz CT molecular complexity index is 1320. The van der Waals surface area contributed by atoms with Crippen LogP contribution in [-0.2, 0) is 10.0 Å². The zero-order valence-electron chi connectivity index (χ0n) is 19.9. The van der Waals surface area contributed by atoms with E-state index in [1.54, 1.807) is 42.5 Å². The highest BCUT2D eigenvalue weighted by Gasteiger charge is 2.19. The summed E-state index contributed by atoms with van der Waals surface area (Å²) in [5.74, 6) is -0.709. The van der Waals surface area contributed by atoms with E-state index in [2.05, 4.69) is 15.4 Å². The molecule has 7 nitrogen and oxygen atoms in total. The number of benzene rings is 3. The highest BCUT2D eigenvalue weighted by molar-refractivity contribution is 7.92. The SMILES string of the molecule is Cc1ccc(S(=O)(=O)Nc2ccc(C(=O)Nc3ccccc3C(=O)NC(C)(C)C)cc2)cc1C. The third kappa shape index (κ3) is 6.23. The molecule has 34 heavy (non-hydrogen) atoms. The van der Waals surface area contributed by atoms with Crippen LogP contribution in [0.25, 0.3) is 0 Å². The highest BCUT2D eigenvalue weighted by Crippen LogP contribution is 2.21. The summed E-state index contributed by atoms with van der Waals surface area (Å²) >= 11 is 0. The van der Waals surface area contributed by atoms with Gasteiger partial charge < -0.3 is 10.6 Å². The predicted molar refractivity (Wildman–Crippen MR) is 135 cm³/mol. The first-order valence-corrected chi connectivity index (χ1v) is 12.3. The first kappa shape index (κ1) is 25.0. The Labute approximate surface area is 200 Å². The lowest BCUT2D eigenvalue weighted by molar-refractivity contribution is 0.0920. The predicted octanol–water partition coefficient (Wildman–Crippen LogP) is 4.88. The van der Waals surface area contributed by atoms with Gasteiger partial charge >= 0.3 is 0 Å². The van der Waals surface area contributed by atoms with Gasteiger partial charge in [-0.15, -0.1) is 0 Å². The minimum absolute atomic E-state index is 0.169. The lowest BCUT2D eigenvalue weighted by atomic mass is 10.1. The second kappa shape index (κ2) is 9.69. The summed E-state index contributed by atoms with van der Waals surface area (Å²) in [7, 11) is -3.76. The first-order valence-electron chi connectivity index (χ1n) is 10.8. The number of anilines is 2. The van der Waals surface area contributed by atoms with Crippen LogP contribution in [0.3, 0.4) is 0 Å². The number of aryl methyl sites for hydroxylation is 2. The molecule has 178 valence electrons. The molecule has 0 bridgehead atoms. The van der Waals surface area contributed by atoms with Gasteiger partial charge in [-0.25, -0.2) is 8.42 Å². The van der Waals surface area contributed by atoms with Crippen LogP contribution in [0.2, 0.25) is 0 Å². The van der Waals surface area contributed by atoms with Crippen molar-refractivity contribution in [2.24, 2.45) is 0 Å². The van der Waals surface area contributed by atoms with Gasteiger partial charge in [0.05, 0.1) is 16.1 Å². The fraction of sp³-hybridized carbons (Fsp3) is 0.231. The van der Waals surface area contributed by atoms with E-state index in [-0.39, 0.29) is 10.8 Å². The van der Waals surface area contributed by atoms with Crippen LogP contribution in [-0.4, -0.2) is 25.8 Å². The van der Waals surface area contributed by atoms with Gasteiger partial charge in [0, 0.05) is 16.8 Å². The Morgan fingerprint density at radius 3 is 2.06 bits per heavy atom. The molecule has 3 aromatic carbocycles. The number of hydrogen-bond donors (Lipinski definition) is 3. The number of nitrogens with one attached hydrogen (secondary N) is 3. The molecule has 0 aromatic heterocycles. The van der Waals surface area contributed by atoms with E-state index in [1.807, 2.05) is 34.6 Å². The van der Waals surface area contributed by atoms with E-state index in [9.17, 15) is 18.0 Å². The minimum Gasteiger partial charge on any atom is -0.347 e. The average Bonchev–Trinajstić information content (AvgIpc) is 2.75.